The quantitative estimate of drug-likeness (QED) is 0.547. The molecule has 10 heavy (non-hydrogen) atoms. The van der Waals surface area contributed by atoms with E-state index in [9.17, 15) is 0 Å². The van der Waals surface area contributed by atoms with Gasteiger partial charge in [-0.25, -0.2) is 0 Å². The summed E-state index contributed by atoms with van der Waals surface area (Å²) in [5.74, 6) is 0. The van der Waals surface area contributed by atoms with Gasteiger partial charge in [-0.2, -0.15) is 0 Å². The van der Waals surface area contributed by atoms with Gasteiger partial charge in [0.05, 0.1) is 0 Å². The van der Waals surface area contributed by atoms with Gasteiger partial charge in [0.2, 0.25) is 0 Å². The summed E-state index contributed by atoms with van der Waals surface area (Å²) in [5.41, 5.74) is 0. The van der Waals surface area contributed by atoms with Crippen LogP contribution in [0.15, 0.2) is 0 Å². The SMILES string of the molecule is CC(C)OC#COC(C)C. The van der Waals surface area contributed by atoms with Crippen molar-refractivity contribution in [2.75, 3.05) is 0 Å². The number of hydrogen-bond acceptors (Lipinski definition) is 2. The van der Waals surface area contributed by atoms with Crippen molar-refractivity contribution in [3.05, 3.63) is 0 Å². The van der Waals surface area contributed by atoms with Gasteiger partial charge in [0.15, 0.2) is 12.2 Å². The summed E-state index contributed by atoms with van der Waals surface area (Å²) >= 11 is 0. The largest absolute Gasteiger partial charge is 0.442 e. The van der Waals surface area contributed by atoms with Gasteiger partial charge in [0.1, 0.15) is 12.2 Å². The molecule has 0 unspecified atom stereocenters. The first kappa shape index (κ1) is 9.16. The maximum absolute atomic E-state index is 4.91. The first-order chi connectivity index (χ1) is 4.63. The Morgan fingerprint density at radius 3 is 1.30 bits per heavy atom. The van der Waals surface area contributed by atoms with Crippen molar-refractivity contribution in [1.82, 2.24) is 0 Å². The summed E-state index contributed by atoms with van der Waals surface area (Å²) in [7, 11) is 0. The van der Waals surface area contributed by atoms with Crippen LogP contribution in [0.4, 0.5) is 0 Å². The third-order valence-electron chi connectivity index (χ3n) is 0.631. The van der Waals surface area contributed by atoms with Crippen LogP contribution < -0.4 is 0 Å². The highest BCUT2D eigenvalue weighted by molar-refractivity contribution is 4.81. The average molecular weight is 142 g/mol. The molecule has 0 fully saturated rings. The monoisotopic (exact) mass is 142 g/mol. The van der Waals surface area contributed by atoms with Crippen LogP contribution in [-0.2, 0) is 9.47 Å². The summed E-state index contributed by atoms with van der Waals surface area (Å²) in [6, 6.07) is 0. The van der Waals surface area contributed by atoms with Gasteiger partial charge in [0.25, 0.3) is 0 Å². The number of ether oxygens (including phenoxy) is 2. The maximum atomic E-state index is 4.91. The average Bonchev–Trinajstić information content (AvgIpc) is 1.79. The summed E-state index contributed by atoms with van der Waals surface area (Å²) in [5, 5.41) is 0. The van der Waals surface area contributed by atoms with Crippen LogP contribution in [0.1, 0.15) is 27.7 Å². The van der Waals surface area contributed by atoms with Crippen LogP contribution in [0.25, 0.3) is 0 Å². The van der Waals surface area contributed by atoms with Crippen LogP contribution in [-0.4, -0.2) is 12.2 Å². The van der Waals surface area contributed by atoms with E-state index >= 15 is 0 Å². The molecule has 0 N–H and O–H groups in total. The molecule has 0 saturated carbocycles. The van der Waals surface area contributed by atoms with E-state index < -0.39 is 0 Å². The lowest BCUT2D eigenvalue weighted by atomic mass is 10.5. The zero-order chi connectivity index (χ0) is 7.98. The van der Waals surface area contributed by atoms with E-state index in [0.717, 1.165) is 0 Å². The van der Waals surface area contributed by atoms with Crippen LogP contribution >= 0.6 is 0 Å². The highest BCUT2D eigenvalue weighted by Crippen LogP contribution is 1.86. The molecule has 0 radical (unpaired) electrons. The van der Waals surface area contributed by atoms with E-state index in [2.05, 4.69) is 12.2 Å². The lowest BCUT2D eigenvalue weighted by Crippen LogP contribution is -1.98. The van der Waals surface area contributed by atoms with Gasteiger partial charge in [0, 0.05) is 0 Å². The van der Waals surface area contributed by atoms with Crippen molar-refractivity contribution in [3.63, 3.8) is 0 Å². The highest BCUT2D eigenvalue weighted by Gasteiger charge is 1.87. The van der Waals surface area contributed by atoms with Crippen LogP contribution in [0, 0.1) is 12.2 Å². The Morgan fingerprint density at radius 2 is 1.10 bits per heavy atom. The van der Waals surface area contributed by atoms with Crippen molar-refractivity contribution >= 4 is 0 Å². The molecule has 0 saturated heterocycles. The Labute approximate surface area is 62.5 Å². The molecule has 0 aliphatic carbocycles. The molecule has 0 aliphatic heterocycles. The Morgan fingerprint density at radius 1 is 0.800 bits per heavy atom. The van der Waals surface area contributed by atoms with Crippen LogP contribution in [0.2, 0.25) is 0 Å². The third-order valence-corrected chi connectivity index (χ3v) is 0.631. The molecule has 0 amide bonds. The van der Waals surface area contributed by atoms with Crippen molar-refractivity contribution in [1.29, 1.82) is 0 Å². The zero-order valence-corrected chi connectivity index (χ0v) is 6.97. The van der Waals surface area contributed by atoms with E-state index in [1.807, 2.05) is 27.7 Å². The third kappa shape index (κ3) is 7.16. The molecule has 0 rings (SSSR count). The Kier molecular flexibility index (Phi) is 4.57. The molecular weight excluding hydrogens is 128 g/mol. The van der Waals surface area contributed by atoms with E-state index in [4.69, 9.17) is 9.47 Å². The number of rotatable bonds is 2. The lowest BCUT2D eigenvalue weighted by molar-refractivity contribution is 0.177. The normalized spacial score (nSPS) is 9.00. The fraction of sp³-hybridized carbons (Fsp3) is 0.750. The second kappa shape index (κ2) is 4.99. The van der Waals surface area contributed by atoms with Gasteiger partial charge in [-0.15, -0.1) is 0 Å². The second-order valence-corrected chi connectivity index (χ2v) is 2.54. The summed E-state index contributed by atoms with van der Waals surface area (Å²) in [4.78, 5) is 0. The van der Waals surface area contributed by atoms with Gasteiger partial charge in [-0.05, 0) is 27.7 Å². The predicted octanol–water partition coefficient (Wildman–Crippen LogP) is 1.75. The minimum Gasteiger partial charge on any atom is -0.442 e. The molecular formula is C8H14O2. The van der Waals surface area contributed by atoms with Crippen molar-refractivity contribution in [3.8, 4) is 12.2 Å². The molecule has 0 aromatic rings. The minimum atomic E-state index is 0.142. The van der Waals surface area contributed by atoms with Gasteiger partial charge < -0.3 is 9.47 Å². The van der Waals surface area contributed by atoms with E-state index in [0.29, 0.717) is 0 Å². The molecule has 0 aromatic carbocycles. The van der Waals surface area contributed by atoms with Crippen molar-refractivity contribution in [2.45, 2.75) is 39.9 Å². The lowest BCUT2D eigenvalue weighted by Gasteiger charge is -2.00. The van der Waals surface area contributed by atoms with Crippen LogP contribution in [0.5, 0.6) is 0 Å². The van der Waals surface area contributed by atoms with E-state index in [-0.39, 0.29) is 12.2 Å². The molecule has 2 heteroatoms. The molecule has 2 nitrogen and oxygen atoms in total. The molecule has 0 spiro atoms. The molecule has 0 aliphatic rings. The molecule has 0 heterocycles. The molecule has 0 bridgehead atoms. The Balaban J connectivity index is 3.32. The topological polar surface area (TPSA) is 18.5 Å². The summed E-state index contributed by atoms with van der Waals surface area (Å²) < 4.78 is 9.81. The van der Waals surface area contributed by atoms with Crippen molar-refractivity contribution < 1.29 is 9.47 Å². The smallest absolute Gasteiger partial charge is 0.155 e. The Hall–Kier alpha value is -0.840. The molecule has 58 valence electrons. The fourth-order valence-corrected chi connectivity index (χ4v) is 0.284. The van der Waals surface area contributed by atoms with Gasteiger partial charge in [-0.3, -0.25) is 0 Å². The van der Waals surface area contributed by atoms with Gasteiger partial charge in [-0.1, -0.05) is 0 Å². The zero-order valence-electron chi connectivity index (χ0n) is 6.97. The van der Waals surface area contributed by atoms with E-state index in [1.165, 1.54) is 0 Å². The fourth-order valence-electron chi connectivity index (χ4n) is 0.284. The first-order valence-electron chi connectivity index (χ1n) is 3.44. The number of hydrogen-bond donors (Lipinski definition) is 0. The second-order valence-electron chi connectivity index (χ2n) is 2.54. The maximum Gasteiger partial charge on any atom is 0.155 e. The molecule has 0 atom stereocenters. The predicted molar refractivity (Wildman–Crippen MR) is 40.2 cm³/mol. The minimum absolute atomic E-state index is 0.142. The van der Waals surface area contributed by atoms with Crippen LogP contribution in [0.3, 0.4) is 0 Å². The Bertz CT molecular complexity index is 114. The molecule has 0 aromatic heterocycles. The highest BCUT2D eigenvalue weighted by atomic mass is 16.5. The first-order valence-corrected chi connectivity index (χ1v) is 3.44. The summed E-state index contributed by atoms with van der Waals surface area (Å²) in [6.45, 7) is 7.68. The van der Waals surface area contributed by atoms with Crippen molar-refractivity contribution in [2.24, 2.45) is 0 Å². The van der Waals surface area contributed by atoms with E-state index in [1.54, 1.807) is 0 Å². The van der Waals surface area contributed by atoms with Gasteiger partial charge >= 0.3 is 0 Å². The standard InChI is InChI=1S/C8H14O2/c1-7(2)9-5-6-10-8(3)4/h7-8H,1-4H3. The summed E-state index contributed by atoms with van der Waals surface area (Å²) in [6.07, 6.45) is 5.17.